The quantitative estimate of drug-likeness (QED) is 0.824. The number of aromatic amines is 1. The highest BCUT2D eigenvalue weighted by Crippen LogP contribution is 2.38. The van der Waals surface area contributed by atoms with Gasteiger partial charge in [-0.05, 0) is 32.1 Å². The van der Waals surface area contributed by atoms with E-state index < -0.39 is 0 Å². The van der Waals surface area contributed by atoms with Gasteiger partial charge in [0.05, 0.1) is 6.20 Å². The molecule has 90 valence electrons. The van der Waals surface area contributed by atoms with E-state index in [1.54, 1.807) is 0 Å². The van der Waals surface area contributed by atoms with Gasteiger partial charge in [0.25, 0.3) is 0 Å². The maximum atomic E-state index is 4.09. The first-order valence-electron chi connectivity index (χ1n) is 6.26. The summed E-state index contributed by atoms with van der Waals surface area (Å²) < 4.78 is 0. The third-order valence-corrected chi connectivity index (χ3v) is 4.04. The summed E-state index contributed by atoms with van der Waals surface area (Å²) >= 11 is 0. The fraction of sp³-hybridized carbons (Fsp3) is 0.769. The van der Waals surface area contributed by atoms with Crippen molar-refractivity contribution in [3.63, 3.8) is 0 Å². The number of aromatic nitrogens is 2. The first kappa shape index (κ1) is 11.6. The molecule has 0 amide bonds. The molecule has 2 atom stereocenters. The van der Waals surface area contributed by atoms with Crippen molar-refractivity contribution in [1.82, 2.24) is 15.5 Å². The van der Waals surface area contributed by atoms with Crippen LogP contribution in [0.4, 0.5) is 0 Å². The van der Waals surface area contributed by atoms with Crippen LogP contribution in [0.25, 0.3) is 0 Å². The van der Waals surface area contributed by atoms with Crippen LogP contribution in [-0.2, 0) is 0 Å². The molecule has 0 bridgehead atoms. The fourth-order valence-electron chi connectivity index (χ4n) is 2.82. The van der Waals surface area contributed by atoms with Crippen LogP contribution in [0.3, 0.4) is 0 Å². The maximum absolute atomic E-state index is 4.09. The molecule has 2 unspecified atom stereocenters. The van der Waals surface area contributed by atoms with E-state index in [0.29, 0.717) is 17.5 Å². The minimum Gasteiger partial charge on any atom is -0.307 e. The van der Waals surface area contributed by atoms with Crippen LogP contribution in [0.5, 0.6) is 0 Å². The van der Waals surface area contributed by atoms with Gasteiger partial charge in [0, 0.05) is 23.3 Å². The first-order valence-corrected chi connectivity index (χ1v) is 6.26. The average Bonchev–Trinajstić information content (AvgIpc) is 2.74. The van der Waals surface area contributed by atoms with E-state index in [1.165, 1.54) is 30.5 Å². The van der Waals surface area contributed by atoms with Crippen LogP contribution < -0.4 is 5.32 Å². The van der Waals surface area contributed by atoms with Gasteiger partial charge in [-0.1, -0.05) is 20.3 Å². The molecule has 1 aromatic heterocycles. The largest absolute Gasteiger partial charge is 0.307 e. The van der Waals surface area contributed by atoms with Gasteiger partial charge in [0.2, 0.25) is 0 Å². The zero-order chi connectivity index (χ0) is 11.8. The molecule has 1 aliphatic rings. The van der Waals surface area contributed by atoms with E-state index in [0.717, 1.165) is 0 Å². The minimum absolute atomic E-state index is 0.390. The Morgan fingerprint density at radius 2 is 2.31 bits per heavy atom. The molecular weight excluding hydrogens is 198 g/mol. The summed E-state index contributed by atoms with van der Waals surface area (Å²) in [5.41, 5.74) is 2.91. The van der Waals surface area contributed by atoms with Crippen molar-refractivity contribution in [2.24, 2.45) is 5.41 Å². The van der Waals surface area contributed by atoms with Crippen LogP contribution in [0.1, 0.15) is 57.3 Å². The van der Waals surface area contributed by atoms with Gasteiger partial charge in [-0.3, -0.25) is 5.10 Å². The zero-order valence-corrected chi connectivity index (χ0v) is 10.8. The molecule has 1 aliphatic carbocycles. The van der Waals surface area contributed by atoms with Crippen molar-refractivity contribution in [1.29, 1.82) is 0 Å². The molecule has 2 rings (SSSR count). The molecule has 0 saturated heterocycles. The molecule has 3 heteroatoms. The van der Waals surface area contributed by atoms with Crippen LogP contribution in [0.15, 0.2) is 6.20 Å². The highest BCUT2D eigenvalue weighted by atomic mass is 15.1. The molecule has 1 saturated carbocycles. The molecule has 0 radical (unpaired) electrons. The average molecular weight is 221 g/mol. The summed E-state index contributed by atoms with van der Waals surface area (Å²) in [4.78, 5) is 0. The number of hydrogen-bond acceptors (Lipinski definition) is 2. The molecule has 1 heterocycles. The van der Waals surface area contributed by atoms with Crippen molar-refractivity contribution < 1.29 is 0 Å². The third kappa shape index (κ3) is 2.14. The van der Waals surface area contributed by atoms with Gasteiger partial charge in [-0.15, -0.1) is 0 Å². The summed E-state index contributed by atoms with van der Waals surface area (Å²) in [6.45, 7) is 9.05. The van der Waals surface area contributed by atoms with Crippen molar-refractivity contribution in [3.05, 3.63) is 17.5 Å². The number of aryl methyl sites for hydroxylation is 1. The van der Waals surface area contributed by atoms with Crippen molar-refractivity contribution in [3.8, 4) is 0 Å². The summed E-state index contributed by atoms with van der Waals surface area (Å²) in [6.07, 6.45) is 5.92. The van der Waals surface area contributed by atoms with Crippen LogP contribution >= 0.6 is 0 Å². The second-order valence-electron chi connectivity index (χ2n) is 5.77. The molecule has 1 fully saturated rings. The Morgan fingerprint density at radius 1 is 1.56 bits per heavy atom. The molecule has 2 N–H and O–H groups in total. The highest BCUT2D eigenvalue weighted by molar-refractivity contribution is 5.18. The lowest BCUT2D eigenvalue weighted by Crippen LogP contribution is -2.39. The van der Waals surface area contributed by atoms with E-state index in [2.05, 4.69) is 43.2 Å². The first-order chi connectivity index (χ1) is 7.50. The molecular formula is C13H23N3. The number of nitrogens with zero attached hydrogens (tertiary/aromatic N) is 1. The van der Waals surface area contributed by atoms with E-state index in [9.17, 15) is 0 Å². The zero-order valence-electron chi connectivity index (χ0n) is 10.8. The fourth-order valence-corrected chi connectivity index (χ4v) is 2.82. The Morgan fingerprint density at radius 3 is 2.81 bits per heavy atom. The molecule has 3 nitrogen and oxygen atoms in total. The smallest absolute Gasteiger partial charge is 0.0537 e. The lowest BCUT2D eigenvalue weighted by molar-refractivity contribution is 0.266. The van der Waals surface area contributed by atoms with Crippen LogP contribution in [0, 0.1) is 12.3 Å². The van der Waals surface area contributed by atoms with E-state index in [1.807, 2.05) is 6.20 Å². The van der Waals surface area contributed by atoms with Crippen molar-refractivity contribution >= 4 is 0 Å². The Balaban J connectivity index is 2.03. The Labute approximate surface area is 98.0 Å². The topological polar surface area (TPSA) is 40.7 Å². The van der Waals surface area contributed by atoms with Gasteiger partial charge in [0.1, 0.15) is 0 Å². The monoisotopic (exact) mass is 221 g/mol. The standard InChI is InChI=1S/C13H23N3/c1-9(11-8-14-16-10(11)2)15-12-6-5-7-13(12,3)4/h8-9,12,15H,5-7H2,1-4H3,(H,14,16). The summed E-state index contributed by atoms with van der Waals surface area (Å²) in [7, 11) is 0. The maximum Gasteiger partial charge on any atom is 0.0537 e. The highest BCUT2D eigenvalue weighted by Gasteiger charge is 2.35. The van der Waals surface area contributed by atoms with E-state index in [4.69, 9.17) is 0 Å². The van der Waals surface area contributed by atoms with Crippen LogP contribution in [-0.4, -0.2) is 16.2 Å². The molecule has 0 aromatic carbocycles. The second-order valence-corrected chi connectivity index (χ2v) is 5.77. The number of hydrogen-bond donors (Lipinski definition) is 2. The molecule has 0 spiro atoms. The Kier molecular flexibility index (Phi) is 3.06. The summed E-state index contributed by atoms with van der Waals surface area (Å²) in [5.74, 6) is 0. The van der Waals surface area contributed by atoms with Gasteiger partial charge in [-0.2, -0.15) is 5.10 Å². The predicted molar refractivity (Wildman–Crippen MR) is 66.3 cm³/mol. The lowest BCUT2D eigenvalue weighted by Gasteiger charge is -2.30. The Hall–Kier alpha value is -0.830. The molecule has 16 heavy (non-hydrogen) atoms. The van der Waals surface area contributed by atoms with Crippen molar-refractivity contribution in [2.75, 3.05) is 0 Å². The summed E-state index contributed by atoms with van der Waals surface area (Å²) in [5, 5.41) is 10.8. The van der Waals surface area contributed by atoms with Crippen molar-refractivity contribution in [2.45, 2.75) is 59.0 Å². The van der Waals surface area contributed by atoms with Gasteiger partial charge < -0.3 is 5.32 Å². The second kappa shape index (κ2) is 4.21. The molecule has 1 aromatic rings. The van der Waals surface area contributed by atoms with E-state index in [-0.39, 0.29) is 0 Å². The minimum atomic E-state index is 0.390. The Bertz CT molecular complexity index is 354. The number of rotatable bonds is 3. The normalized spacial score (nSPS) is 25.9. The number of H-pyrrole nitrogens is 1. The van der Waals surface area contributed by atoms with Gasteiger partial charge in [-0.25, -0.2) is 0 Å². The predicted octanol–water partition coefficient (Wildman–Crippen LogP) is 2.95. The van der Waals surface area contributed by atoms with Crippen LogP contribution in [0.2, 0.25) is 0 Å². The van der Waals surface area contributed by atoms with E-state index >= 15 is 0 Å². The van der Waals surface area contributed by atoms with Gasteiger partial charge in [0.15, 0.2) is 0 Å². The van der Waals surface area contributed by atoms with Gasteiger partial charge >= 0.3 is 0 Å². The summed E-state index contributed by atoms with van der Waals surface area (Å²) in [6, 6.07) is 1.03. The third-order valence-electron chi connectivity index (χ3n) is 4.04. The molecule has 0 aliphatic heterocycles. The number of nitrogens with one attached hydrogen (secondary N) is 2. The lowest BCUT2D eigenvalue weighted by atomic mass is 9.87. The SMILES string of the molecule is Cc1[nH]ncc1C(C)NC1CCCC1(C)C.